The maximum absolute atomic E-state index is 12.7. The number of aromatic nitrogens is 1. The van der Waals surface area contributed by atoms with Crippen LogP contribution in [0.4, 0.5) is 0 Å². The van der Waals surface area contributed by atoms with Crippen LogP contribution in [0.15, 0.2) is 18.2 Å². The number of carbonyl (C=O) groups excluding carboxylic acids is 1. The van der Waals surface area contributed by atoms with Crippen LogP contribution in [0.1, 0.15) is 35.0 Å². The van der Waals surface area contributed by atoms with E-state index in [-0.39, 0.29) is 12.0 Å². The maximum Gasteiger partial charge on any atom is 0.254 e. The lowest BCUT2D eigenvalue weighted by atomic mass is 10.1. The van der Waals surface area contributed by atoms with Crippen LogP contribution in [0, 0.1) is 13.8 Å². The molecule has 0 bridgehead atoms. The quantitative estimate of drug-likeness (QED) is 0.922. The number of rotatable bonds is 2. The molecule has 3 rings (SSSR count). The summed E-state index contributed by atoms with van der Waals surface area (Å²) in [7, 11) is 0. The maximum atomic E-state index is 12.7. The van der Waals surface area contributed by atoms with Crippen LogP contribution >= 0.6 is 0 Å². The first-order valence-corrected chi connectivity index (χ1v) is 7.60. The second-order valence-electron chi connectivity index (χ2n) is 5.79. The van der Waals surface area contributed by atoms with Gasteiger partial charge in [0.2, 0.25) is 0 Å². The number of amides is 1. The summed E-state index contributed by atoms with van der Waals surface area (Å²) < 4.78 is 5.64. The zero-order valence-electron chi connectivity index (χ0n) is 12.9. The van der Waals surface area contributed by atoms with E-state index in [2.05, 4.69) is 25.8 Å². The van der Waals surface area contributed by atoms with Gasteiger partial charge in [0.1, 0.15) is 0 Å². The van der Waals surface area contributed by atoms with Crippen molar-refractivity contribution in [2.45, 2.75) is 33.3 Å². The molecule has 1 aliphatic heterocycles. The van der Waals surface area contributed by atoms with E-state index in [0.717, 1.165) is 28.6 Å². The molecule has 1 N–H and O–H groups in total. The number of hydrogen-bond acceptors (Lipinski definition) is 2. The molecule has 0 unspecified atom stereocenters. The number of carbonyl (C=O) groups is 1. The summed E-state index contributed by atoms with van der Waals surface area (Å²) in [5.41, 5.74) is 4.23. The van der Waals surface area contributed by atoms with Gasteiger partial charge < -0.3 is 14.6 Å². The highest BCUT2D eigenvalue weighted by molar-refractivity contribution is 5.99. The molecule has 1 aliphatic rings. The van der Waals surface area contributed by atoms with Gasteiger partial charge in [0.05, 0.1) is 12.7 Å². The van der Waals surface area contributed by atoms with Gasteiger partial charge in [0.15, 0.2) is 0 Å². The number of hydrogen-bond donors (Lipinski definition) is 1. The molecule has 1 aromatic carbocycles. The van der Waals surface area contributed by atoms with E-state index in [1.807, 2.05) is 23.1 Å². The van der Waals surface area contributed by atoms with E-state index in [0.29, 0.717) is 19.7 Å². The van der Waals surface area contributed by atoms with Crippen LogP contribution in [0.3, 0.4) is 0 Å². The summed E-state index contributed by atoms with van der Waals surface area (Å²) in [6, 6.07) is 5.92. The fourth-order valence-corrected chi connectivity index (χ4v) is 2.93. The van der Waals surface area contributed by atoms with E-state index in [1.54, 1.807) is 0 Å². The minimum Gasteiger partial charge on any atom is -0.375 e. The predicted octanol–water partition coefficient (Wildman–Crippen LogP) is 3.04. The predicted molar refractivity (Wildman–Crippen MR) is 83.7 cm³/mol. The molecule has 0 spiro atoms. The molecule has 21 heavy (non-hydrogen) atoms. The van der Waals surface area contributed by atoms with Crippen molar-refractivity contribution < 1.29 is 9.53 Å². The summed E-state index contributed by atoms with van der Waals surface area (Å²) in [4.78, 5) is 17.9. The van der Waals surface area contributed by atoms with Crippen molar-refractivity contribution in [3.05, 3.63) is 35.0 Å². The number of ether oxygens (including phenoxy) is 1. The normalized spacial score (nSPS) is 19.2. The van der Waals surface area contributed by atoms with E-state index in [9.17, 15) is 4.79 Å². The zero-order valence-corrected chi connectivity index (χ0v) is 12.9. The lowest BCUT2D eigenvalue weighted by Crippen LogP contribution is -2.45. The molecule has 1 atom stereocenters. The van der Waals surface area contributed by atoms with Crippen LogP contribution in [0.25, 0.3) is 10.9 Å². The van der Waals surface area contributed by atoms with Crippen LogP contribution in [0.5, 0.6) is 0 Å². The Morgan fingerprint density at radius 3 is 3.00 bits per heavy atom. The Kier molecular flexibility index (Phi) is 3.72. The largest absolute Gasteiger partial charge is 0.375 e. The van der Waals surface area contributed by atoms with Crippen LogP contribution < -0.4 is 0 Å². The Bertz CT molecular complexity index is 675. The zero-order chi connectivity index (χ0) is 15.0. The highest BCUT2D eigenvalue weighted by Crippen LogP contribution is 2.23. The van der Waals surface area contributed by atoms with Crippen molar-refractivity contribution in [3.8, 4) is 0 Å². The van der Waals surface area contributed by atoms with E-state index < -0.39 is 0 Å². The molecule has 112 valence electrons. The van der Waals surface area contributed by atoms with Crippen molar-refractivity contribution in [1.29, 1.82) is 0 Å². The molecule has 4 nitrogen and oxygen atoms in total. The Labute approximate surface area is 125 Å². The Hall–Kier alpha value is -1.81. The average Bonchev–Trinajstić information content (AvgIpc) is 2.81. The van der Waals surface area contributed by atoms with Gasteiger partial charge in [-0.3, -0.25) is 4.79 Å². The fraction of sp³-hybridized carbons (Fsp3) is 0.471. The van der Waals surface area contributed by atoms with Crippen molar-refractivity contribution in [2.75, 3.05) is 19.7 Å². The molecular weight excluding hydrogens is 264 g/mol. The van der Waals surface area contributed by atoms with Gasteiger partial charge in [-0.05, 0) is 44.0 Å². The molecule has 2 aromatic rings. The summed E-state index contributed by atoms with van der Waals surface area (Å²) >= 11 is 0. The number of nitrogens with one attached hydrogen (secondary N) is 1. The first-order chi connectivity index (χ1) is 10.1. The lowest BCUT2D eigenvalue weighted by molar-refractivity contribution is -0.0226. The molecule has 0 saturated carbocycles. The SMILES string of the molecule is CC[C@H]1CN(C(=O)c2ccc3[nH]c(C)c(C)c3c2)CCO1. The molecule has 0 radical (unpaired) electrons. The number of aromatic amines is 1. The van der Waals surface area contributed by atoms with Gasteiger partial charge in [-0.15, -0.1) is 0 Å². The van der Waals surface area contributed by atoms with Gasteiger partial charge >= 0.3 is 0 Å². The molecule has 4 heteroatoms. The fourth-order valence-electron chi connectivity index (χ4n) is 2.93. The smallest absolute Gasteiger partial charge is 0.254 e. The van der Waals surface area contributed by atoms with E-state index >= 15 is 0 Å². The molecule has 0 aliphatic carbocycles. The van der Waals surface area contributed by atoms with Gasteiger partial charge in [0.25, 0.3) is 5.91 Å². The first kappa shape index (κ1) is 14.1. The van der Waals surface area contributed by atoms with Gasteiger partial charge in [0, 0.05) is 35.2 Å². The third kappa shape index (κ3) is 2.56. The van der Waals surface area contributed by atoms with Gasteiger partial charge in [-0.2, -0.15) is 0 Å². The molecule has 2 heterocycles. The number of fused-ring (bicyclic) bond motifs is 1. The van der Waals surface area contributed by atoms with Crippen LogP contribution in [-0.4, -0.2) is 41.6 Å². The third-order valence-electron chi connectivity index (χ3n) is 4.44. The number of H-pyrrole nitrogens is 1. The first-order valence-electron chi connectivity index (χ1n) is 7.60. The number of aryl methyl sites for hydroxylation is 2. The Morgan fingerprint density at radius 2 is 2.24 bits per heavy atom. The monoisotopic (exact) mass is 286 g/mol. The minimum absolute atomic E-state index is 0.108. The third-order valence-corrected chi connectivity index (χ3v) is 4.44. The number of nitrogens with zero attached hydrogens (tertiary/aromatic N) is 1. The topological polar surface area (TPSA) is 45.3 Å². The van der Waals surface area contributed by atoms with Crippen LogP contribution in [-0.2, 0) is 4.74 Å². The Morgan fingerprint density at radius 1 is 1.43 bits per heavy atom. The summed E-state index contributed by atoms with van der Waals surface area (Å²) in [6.45, 7) is 8.25. The number of morpholine rings is 1. The summed E-state index contributed by atoms with van der Waals surface area (Å²) in [6.07, 6.45) is 1.11. The van der Waals surface area contributed by atoms with Crippen LogP contribution in [0.2, 0.25) is 0 Å². The van der Waals surface area contributed by atoms with Crippen molar-refractivity contribution in [2.24, 2.45) is 0 Å². The molecule has 1 aromatic heterocycles. The second-order valence-corrected chi connectivity index (χ2v) is 5.79. The van der Waals surface area contributed by atoms with Gasteiger partial charge in [-0.1, -0.05) is 6.92 Å². The minimum atomic E-state index is 0.108. The second kappa shape index (κ2) is 5.53. The molecule has 1 saturated heterocycles. The molecular formula is C17H22N2O2. The average molecular weight is 286 g/mol. The Balaban J connectivity index is 1.89. The standard InChI is InChI=1S/C17H22N2O2/c1-4-14-10-19(7-8-21-14)17(20)13-5-6-16-15(9-13)11(2)12(3)18-16/h5-6,9,14,18H,4,7-8,10H2,1-3H3/t14-/m0/s1. The van der Waals surface area contributed by atoms with Crippen molar-refractivity contribution in [1.82, 2.24) is 9.88 Å². The van der Waals surface area contributed by atoms with Crippen molar-refractivity contribution >= 4 is 16.8 Å². The van der Waals surface area contributed by atoms with Crippen molar-refractivity contribution in [3.63, 3.8) is 0 Å². The highest BCUT2D eigenvalue weighted by atomic mass is 16.5. The van der Waals surface area contributed by atoms with Gasteiger partial charge in [-0.25, -0.2) is 0 Å². The molecule has 1 amide bonds. The summed E-state index contributed by atoms with van der Waals surface area (Å²) in [5.74, 6) is 0.108. The molecule has 1 fully saturated rings. The van der Waals surface area contributed by atoms with E-state index in [1.165, 1.54) is 5.56 Å². The van der Waals surface area contributed by atoms with E-state index in [4.69, 9.17) is 4.74 Å². The highest BCUT2D eigenvalue weighted by Gasteiger charge is 2.24. The lowest BCUT2D eigenvalue weighted by Gasteiger charge is -2.32. The summed E-state index contributed by atoms with van der Waals surface area (Å²) in [5, 5.41) is 1.14. The number of benzene rings is 1.